The highest BCUT2D eigenvalue weighted by atomic mass is 19.4. The molecule has 2 amide bonds. The fraction of sp³-hybridized carbons (Fsp3) is 0.385. The zero-order valence-corrected chi connectivity index (χ0v) is 11.5. The number of amides is 2. The van der Waals surface area contributed by atoms with E-state index in [1.807, 2.05) is 5.43 Å². The van der Waals surface area contributed by atoms with Crippen LogP contribution in [-0.2, 0) is 16.0 Å². The third-order valence-corrected chi connectivity index (χ3v) is 2.73. The fourth-order valence-electron chi connectivity index (χ4n) is 1.43. The lowest BCUT2D eigenvalue weighted by atomic mass is 10.0. The van der Waals surface area contributed by atoms with Crippen molar-refractivity contribution in [2.24, 2.45) is 0 Å². The number of carbonyl (C=O) groups excluding carboxylic acids is 2. The summed E-state index contributed by atoms with van der Waals surface area (Å²) in [5, 5.41) is 9.11. The lowest BCUT2D eigenvalue weighted by Gasteiger charge is -2.25. The number of alkyl halides is 3. The van der Waals surface area contributed by atoms with Gasteiger partial charge in [-0.2, -0.15) is 13.2 Å². The highest BCUT2D eigenvalue weighted by Gasteiger charge is 2.51. The maximum atomic E-state index is 12.7. The maximum absolute atomic E-state index is 12.7. The van der Waals surface area contributed by atoms with Crippen LogP contribution in [0.1, 0.15) is 18.9 Å². The first-order chi connectivity index (χ1) is 10.0. The van der Waals surface area contributed by atoms with Gasteiger partial charge in [-0.3, -0.25) is 20.4 Å². The lowest BCUT2D eigenvalue weighted by Crippen LogP contribution is -2.49. The Morgan fingerprint density at radius 3 is 2.09 bits per heavy atom. The Morgan fingerprint density at radius 1 is 1.09 bits per heavy atom. The Morgan fingerprint density at radius 2 is 1.59 bits per heavy atom. The Labute approximate surface area is 123 Å². The van der Waals surface area contributed by atoms with Gasteiger partial charge in [0, 0.05) is 0 Å². The van der Waals surface area contributed by atoms with Crippen LogP contribution in [0.2, 0.25) is 0 Å². The first-order valence-corrected chi connectivity index (χ1v) is 6.12. The van der Waals surface area contributed by atoms with Crippen LogP contribution in [0.4, 0.5) is 17.6 Å². The number of nitrogens with one attached hydrogen (secondary N) is 2. The van der Waals surface area contributed by atoms with Crippen molar-refractivity contribution < 1.29 is 32.3 Å². The van der Waals surface area contributed by atoms with Crippen LogP contribution in [0.25, 0.3) is 0 Å². The summed E-state index contributed by atoms with van der Waals surface area (Å²) in [4.78, 5) is 22.7. The van der Waals surface area contributed by atoms with E-state index in [1.165, 1.54) is 12.1 Å². The molecule has 9 heteroatoms. The van der Waals surface area contributed by atoms with Gasteiger partial charge in [-0.1, -0.05) is 12.1 Å². The number of rotatable bonds is 4. The Bertz CT molecular complexity index is 541. The summed E-state index contributed by atoms with van der Waals surface area (Å²) in [5.74, 6) is -2.38. The van der Waals surface area contributed by atoms with Gasteiger partial charge in [0.15, 0.2) is 5.60 Å². The molecule has 0 aromatic heterocycles. The molecule has 0 unspecified atom stereocenters. The van der Waals surface area contributed by atoms with Gasteiger partial charge in [-0.05, 0) is 24.6 Å². The maximum Gasteiger partial charge on any atom is 0.417 e. The molecule has 0 saturated carbocycles. The average molecular weight is 322 g/mol. The summed E-state index contributed by atoms with van der Waals surface area (Å²) in [5.41, 5.74) is 0.937. The van der Waals surface area contributed by atoms with Crippen molar-refractivity contribution in [3.8, 4) is 0 Å². The second-order valence-electron chi connectivity index (χ2n) is 4.85. The quantitative estimate of drug-likeness (QED) is 0.576. The molecule has 0 aliphatic carbocycles. The van der Waals surface area contributed by atoms with Crippen LogP contribution in [0.5, 0.6) is 0 Å². The first-order valence-electron chi connectivity index (χ1n) is 6.12. The number of hydrogen-bond donors (Lipinski definition) is 3. The second-order valence-corrected chi connectivity index (χ2v) is 4.85. The van der Waals surface area contributed by atoms with E-state index in [2.05, 4.69) is 0 Å². The molecule has 1 atom stereocenters. The minimum atomic E-state index is -4.97. The largest absolute Gasteiger partial charge is 0.417 e. The van der Waals surface area contributed by atoms with Crippen molar-refractivity contribution in [1.82, 2.24) is 10.9 Å². The number of benzene rings is 1. The van der Waals surface area contributed by atoms with Gasteiger partial charge < -0.3 is 5.11 Å². The van der Waals surface area contributed by atoms with E-state index in [4.69, 9.17) is 5.11 Å². The van der Waals surface area contributed by atoms with Crippen molar-refractivity contribution in [2.45, 2.75) is 31.5 Å². The monoisotopic (exact) mass is 322 g/mol. The van der Waals surface area contributed by atoms with Crippen LogP contribution in [0.15, 0.2) is 24.3 Å². The topological polar surface area (TPSA) is 78.4 Å². The lowest BCUT2D eigenvalue weighted by molar-refractivity contribution is -0.253. The molecule has 1 aromatic rings. The van der Waals surface area contributed by atoms with Crippen LogP contribution >= 0.6 is 0 Å². The van der Waals surface area contributed by atoms with Gasteiger partial charge in [0.05, 0.1) is 12.8 Å². The summed E-state index contributed by atoms with van der Waals surface area (Å²) in [7, 11) is 0. The van der Waals surface area contributed by atoms with Crippen LogP contribution in [-0.4, -0.2) is 28.7 Å². The average Bonchev–Trinajstić information content (AvgIpc) is 2.37. The minimum absolute atomic E-state index is 0.198. The predicted molar refractivity (Wildman–Crippen MR) is 67.7 cm³/mol. The van der Waals surface area contributed by atoms with Crippen molar-refractivity contribution in [3.05, 3.63) is 35.6 Å². The van der Waals surface area contributed by atoms with Crippen LogP contribution in [0.3, 0.4) is 0 Å². The molecule has 0 saturated heterocycles. The molecule has 0 spiro atoms. The van der Waals surface area contributed by atoms with Crippen molar-refractivity contribution in [2.75, 3.05) is 0 Å². The summed E-state index contributed by atoms with van der Waals surface area (Å²) >= 11 is 0. The number of hydrazine groups is 1. The third-order valence-electron chi connectivity index (χ3n) is 2.73. The normalized spacial score (nSPS) is 14.1. The number of hydrogen-bond acceptors (Lipinski definition) is 3. The molecular weight excluding hydrogens is 308 g/mol. The van der Waals surface area contributed by atoms with E-state index in [0.29, 0.717) is 12.5 Å². The van der Waals surface area contributed by atoms with E-state index in [-0.39, 0.29) is 6.42 Å². The molecule has 1 aromatic carbocycles. The van der Waals surface area contributed by atoms with Crippen LogP contribution < -0.4 is 10.9 Å². The van der Waals surface area contributed by atoms with Gasteiger partial charge in [0.1, 0.15) is 5.82 Å². The zero-order chi connectivity index (χ0) is 17.0. The molecule has 0 bridgehead atoms. The van der Waals surface area contributed by atoms with Gasteiger partial charge in [-0.25, -0.2) is 4.39 Å². The van der Waals surface area contributed by atoms with E-state index in [1.54, 1.807) is 5.43 Å². The molecule has 0 aliphatic heterocycles. The summed E-state index contributed by atoms with van der Waals surface area (Å²) in [6, 6.07) is 4.99. The third kappa shape index (κ3) is 5.32. The minimum Gasteiger partial charge on any atom is -0.380 e. The Hall–Kier alpha value is -2.16. The molecule has 0 heterocycles. The van der Waals surface area contributed by atoms with E-state index in [0.717, 1.165) is 12.1 Å². The van der Waals surface area contributed by atoms with Crippen LogP contribution in [0, 0.1) is 5.82 Å². The molecule has 122 valence electrons. The fourth-order valence-corrected chi connectivity index (χ4v) is 1.43. The first kappa shape index (κ1) is 17.9. The molecule has 0 aliphatic rings. The molecule has 5 nitrogen and oxygen atoms in total. The van der Waals surface area contributed by atoms with Gasteiger partial charge >= 0.3 is 6.18 Å². The highest BCUT2D eigenvalue weighted by Crippen LogP contribution is 2.32. The standard InChI is InChI=1S/C13H14F4N2O3/c1-12(22,13(15,16)17)7-11(21)19-18-10(20)6-8-2-4-9(14)5-3-8/h2-5,22H,6-7H2,1H3,(H,18,20)(H,19,21)/t12-/m0/s1. The zero-order valence-electron chi connectivity index (χ0n) is 11.5. The summed E-state index contributed by atoms with van der Waals surface area (Å²) < 4.78 is 49.8. The van der Waals surface area contributed by atoms with Crippen molar-refractivity contribution in [1.29, 1.82) is 0 Å². The smallest absolute Gasteiger partial charge is 0.380 e. The van der Waals surface area contributed by atoms with E-state index >= 15 is 0 Å². The predicted octanol–water partition coefficient (Wildman–Crippen LogP) is 1.22. The molecule has 0 radical (unpaired) electrons. The number of halogens is 4. The van der Waals surface area contributed by atoms with Gasteiger partial charge in [0.2, 0.25) is 11.8 Å². The summed E-state index contributed by atoms with van der Waals surface area (Å²) in [6.07, 6.45) is -6.42. The summed E-state index contributed by atoms with van der Waals surface area (Å²) in [6.45, 7) is 0.451. The Kier molecular flexibility index (Phi) is 5.48. The van der Waals surface area contributed by atoms with Gasteiger partial charge in [-0.15, -0.1) is 0 Å². The Balaban J connectivity index is 2.44. The second kappa shape index (κ2) is 6.73. The van der Waals surface area contributed by atoms with Gasteiger partial charge in [0.25, 0.3) is 0 Å². The number of aliphatic hydroxyl groups is 1. The number of carbonyl (C=O) groups is 2. The van der Waals surface area contributed by atoms with Crippen molar-refractivity contribution >= 4 is 11.8 Å². The van der Waals surface area contributed by atoms with E-state index < -0.39 is 35.8 Å². The molecule has 22 heavy (non-hydrogen) atoms. The molecule has 3 N–H and O–H groups in total. The van der Waals surface area contributed by atoms with Crippen molar-refractivity contribution in [3.63, 3.8) is 0 Å². The van der Waals surface area contributed by atoms with E-state index in [9.17, 15) is 27.2 Å². The SMILES string of the molecule is C[C@](O)(CC(=O)NNC(=O)Cc1ccc(F)cc1)C(F)(F)F. The molecule has 1 rings (SSSR count). The highest BCUT2D eigenvalue weighted by molar-refractivity contribution is 5.83. The molecule has 0 fully saturated rings. The molecular formula is C13H14F4N2O3.